The molecule has 7 heteroatoms. The van der Waals surface area contributed by atoms with E-state index in [4.69, 9.17) is 5.84 Å². The smallest absolute Gasteiger partial charge is 0.266 e. The van der Waals surface area contributed by atoms with Gasteiger partial charge in [0.05, 0.1) is 5.70 Å². The van der Waals surface area contributed by atoms with Crippen molar-refractivity contribution in [3.05, 3.63) is 42.0 Å². The second kappa shape index (κ2) is 4.45. The average Bonchev–Trinajstić information content (AvgIpc) is 2.47. The van der Waals surface area contributed by atoms with Crippen LogP contribution in [0.5, 0.6) is 0 Å². The van der Waals surface area contributed by atoms with Crippen LogP contribution < -0.4 is 16.7 Å². The van der Waals surface area contributed by atoms with Gasteiger partial charge in [-0.05, 0) is 13.0 Å². The van der Waals surface area contributed by atoms with Crippen LogP contribution in [0.15, 0.2) is 51.6 Å². The quantitative estimate of drug-likeness (QED) is 0.501. The number of nitrogens with two attached hydrogens (primary N) is 1. The molecule has 0 spiro atoms. The Morgan fingerprint density at radius 1 is 1.26 bits per heavy atom. The second-order valence-electron chi connectivity index (χ2n) is 4.10. The largest absolute Gasteiger partial charge is 0.320 e. The van der Waals surface area contributed by atoms with Gasteiger partial charge in [-0.2, -0.15) is 0 Å². The van der Waals surface area contributed by atoms with Crippen LogP contribution in [0.1, 0.15) is 12.5 Å². The Bertz CT molecular complexity index is 612. The van der Waals surface area contributed by atoms with E-state index in [1.165, 1.54) is 0 Å². The molecule has 0 bridgehead atoms. The Labute approximate surface area is 110 Å². The van der Waals surface area contributed by atoms with Gasteiger partial charge in [0.1, 0.15) is 0 Å². The zero-order valence-electron chi connectivity index (χ0n) is 10.3. The maximum Gasteiger partial charge on any atom is 0.266 e. The third-order valence-electron chi connectivity index (χ3n) is 2.74. The Morgan fingerprint density at radius 2 is 2.05 bits per heavy atom. The first-order chi connectivity index (χ1) is 9.28. The molecule has 0 amide bonds. The number of guanidine groups is 2. The van der Waals surface area contributed by atoms with Crippen LogP contribution in [0.25, 0.3) is 5.70 Å². The number of rotatable bonds is 1. The van der Waals surface area contributed by atoms with E-state index in [0.29, 0.717) is 11.9 Å². The molecule has 0 radical (unpaired) electrons. The van der Waals surface area contributed by atoms with Crippen LogP contribution in [-0.2, 0) is 0 Å². The minimum atomic E-state index is 0.361. The standard InChI is InChI=1S/C12H13N7/c1-8-7-10(9-5-3-2-4-6-9)19-12(14-8)17-16-11(15-13)18-19/h2-7H,13H2,1H3,(H2,15,16,18). The van der Waals surface area contributed by atoms with Gasteiger partial charge in [0, 0.05) is 11.3 Å². The lowest BCUT2D eigenvalue weighted by Crippen LogP contribution is -2.54. The van der Waals surface area contributed by atoms with E-state index in [1.807, 2.05) is 43.3 Å². The molecule has 3 rings (SSSR count). The molecule has 2 aliphatic heterocycles. The van der Waals surface area contributed by atoms with E-state index in [9.17, 15) is 0 Å². The van der Waals surface area contributed by atoms with Crippen molar-refractivity contribution in [3.8, 4) is 0 Å². The molecule has 0 saturated carbocycles. The maximum absolute atomic E-state index is 5.25. The molecule has 0 atom stereocenters. The third-order valence-corrected chi connectivity index (χ3v) is 2.74. The van der Waals surface area contributed by atoms with Crippen molar-refractivity contribution in [3.63, 3.8) is 0 Å². The predicted molar refractivity (Wildman–Crippen MR) is 74.7 cm³/mol. The molecule has 4 N–H and O–H groups in total. The molecule has 1 aromatic carbocycles. The minimum Gasteiger partial charge on any atom is -0.320 e. The highest BCUT2D eigenvalue weighted by Gasteiger charge is 2.26. The van der Waals surface area contributed by atoms with Gasteiger partial charge in [-0.25, -0.2) is 15.4 Å². The first-order valence-electron chi connectivity index (χ1n) is 5.79. The number of hydrogen-bond acceptors (Lipinski definition) is 5. The molecule has 1 aromatic rings. The van der Waals surface area contributed by atoms with Gasteiger partial charge in [0.25, 0.3) is 11.9 Å². The van der Waals surface area contributed by atoms with E-state index in [2.05, 4.69) is 26.0 Å². The van der Waals surface area contributed by atoms with Crippen molar-refractivity contribution in [1.82, 2.24) is 15.9 Å². The van der Waals surface area contributed by atoms with Crippen molar-refractivity contribution in [2.75, 3.05) is 0 Å². The van der Waals surface area contributed by atoms with Crippen LogP contribution in [0.4, 0.5) is 0 Å². The fourth-order valence-corrected chi connectivity index (χ4v) is 1.91. The summed E-state index contributed by atoms with van der Waals surface area (Å²) in [7, 11) is 0. The van der Waals surface area contributed by atoms with Gasteiger partial charge in [-0.15, -0.1) is 10.2 Å². The molecule has 96 valence electrons. The summed E-state index contributed by atoms with van der Waals surface area (Å²) in [6.07, 6.45) is 1.97. The number of allylic oxidation sites excluding steroid dienone is 1. The van der Waals surface area contributed by atoms with Gasteiger partial charge in [-0.3, -0.25) is 5.43 Å². The average molecular weight is 255 g/mol. The molecular formula is C12H13N7. The molecule has 0 aliphatic carbocycles. The monoisotopic (exact) mass is 255 g/mol. The zero-order valence-corrected chi connectivity index (χ0v) is 10.3. The first-order valence-corrected chi connectivity index (χ1v) is 5.79. The lowest BCUT2D eigenvalue weighted by molar-refractivity contribution is 0.486. The highest BCUT2D eigenvalue weighted by atomic mass is 15.7. The van der Waals surface area contributed by atoms with E-state index in [0.717, 1.165) is 17.0 Å². The first kappa shape index (κ1) is 11.3. The molecule has 0 saturated heterocycles. The van der Waals surface area contributed by atoms with Gasteiger partial charge < -0.3 is 5.84 Å². The van der Waals surface area contributed by atoms with E-state index < -0.39 is 0 Å². The molecule has 2 heterocycles. The summed E-state index contributed by atoms with van der Waals surface area (Å²) >= 11 is 0. The van der Waals surface area contributed by atoms with Crippen molar-refractivity contribution in [2.45, 2.75) is 6.92 Å². The topological polar surface area (TPSA) is 90.4 Å². The Kier molecular flexibility index (Phi) is 2.64. The van der Waals surface area contributed by atoms with Crippen molar-refractivity contribution in [1.29, 1.82) is 0 Å². The van der Waals surface area contributed by atoms with Crippen LogP contribution >= 0.6 is 0 Å². The zero-order chi connectivity index (χ0) is 13.2. The molecule has 0 unspecified atom stereocenters. The number of aliphatic imine (C=N–C) groups is 1. The summed E-state index contributed by atoms with van der Waals surface area (Å²) in [4.78, 5) is 4.34. The summed E-state index contributed by atoms with van der Waals surface area (Å²) < 4.78 is 0. The van der Waals surface area contributed by atoms with Crippen molar-refractivity contribution in [2.24, 2.45) is 21.0 Å². The fourth-order valence-electron chi connectivity index (χ4n) is 1.91. The SMILES string of the molecule is CC1=NC2=NN/C(=N\N)NN2C(c2ccccc2)=C1. The maximum atomic E-state index is 5.25. The van der Waals surface area contributed by atoms with Crippen LogP contribution in [0, 0.1) is 0 Å². The van der Waals surface area contributed by atoms with Crippen molar-refractivity contribution < 1.29 is 0 Å². The van der Waals surface area contributed by atoms with Crippen LogP contribution in [0.3, 0.4) is 0 Å². The van der Waals surface area contributed by atoms with Crippen LogP contribution in [-0.4, -0.2) is 22.6 Å². The van der Waals surface area contributed by atoms with Gasteiger partial charge >= 0.3 is 0 Å². The highest BCUT2D eigenvalue weighted by Crippen LogP contribution is 2.22. The second-order valence-corrected chi connectivity index (χ2v) is 4.10. The Morgan fingerprint density at radius 3 is 2.79 bits per heavy atom. The lowest BCUT2D eigenvalue weighted by atomic mass is 10.1. The Hall–Kier alpha value is -2.83. The lowest BCUT2D eigenvalue weighted by Gasteiger charge is -2.32. The Balaban J connectivity index is 2.06. The van der Waals surface area contributed by atoms with E-state index in [-0.39, 0.29) is 0 Å². The summed E-state index contributed by atoms with van der Waals surface area (Å²) in [6.45, 7) is 1.93. The fraction of sp³-hybridized carbons (Fsp3) is 0.0833. The summed E-state index contributed by atoms with van der Waals surface area (Å²) in [5.74, 6) is 6.13. The molecule has 7 nitrogen and oxygen atoms in total. The van der Waals surface area contributed by atoms with E-state index in [1.54, 1.807) is 5.01 Å². The van der Waals surface area contributed by atoms with E-state index >= 15 is 0 Å². The molecule has 2 aliphatic rings. The number of benzene rings is 1. The molecular weight excluding hydrogens is 242 g/mol. The number of fused-ring (bicyclic) bond motifs is 1. The highest BCUT2D eigenvalue weighted by molar-refractivity contribution is 6.12. The summed E-state index contributed by atoms with van der Waals surface area (Å²) in [5, 5.41) is 9.42. The summed E-state index contributed by atoms with van der Waals surface area (Å²) in [5.41, 5.74) is 8.57. The molecule has 0 aromatic heterocycles. The third kappa shape index (κ3) is 2.01. The predicted octanol–water partition coefficient (Wildman–Crippen LogP) is 0.413. The van der Waals surface area contributed by atoms with Gasteiger partial charge in [0.15, 0.2) is 0 Å². The number of nitrogens with zero attached hydrogens (tertiary/aromatic N) is 4. The minimum absolute atomic E-state index is 0.361. The van der Waals surface area contributed by atoms with Crippen LogP contribution in [0.2, 0.25) is 0 Å². The van der Waals surface area contributed by atoms with Gasteiger partial charge in [0.2, 0.25) is 0 Å². The number of nitrogens with one attached hydrogen (secondary N) is 2. The summed E-state index contributed by atoms with van der Waals surface area (Å²) in [6, 6.07) is 9.97. The normalized spacial score (nSPS) is 19.7. The van der Waals surface area contributed by atoms with Crippen molar-refractivity contribution >= 4 is 23.3 Å². The number of hydrogen-bond donors (Lipinski definition) is 3. The number of hydrazine groups is 1. The molecule has 19 heavy (non-hydrogen) atoms. The number of hydrazone groups is 2. The van der Waals surface area contributed by atoms with Gasteiger partial charge in [-0.1, -0.05) is 30.3 Å². The molecule has 0 fully saturated rings.